The van der Waals surface area contributed by atoms with Crippen LogP contribution in [0, 0.1) is 6.92 Å². The van der Waals surface area contributed by atoms with E-state index in [0.717, 1.165) is 30.6 Å². The Morgan fingerprint density at radius 3 is 3.00 bits per heavy atom. The fourth-order valence-corrected chi connectivity index (χ4v) is 2.73. The van der Waals surface area contributed by atoms with Crippen LogP contribution >= 0.6 is 0 Å². The average molecular weight is 280 g/mol. The van der Waals surface area contributed by atoms with Crippen molar-refractivity contribution in [3.63, 3.8) is 0 Å². The van der Waals surface area contributed by atoms with E-state index in [9.17, 15) is 9.90 Å². The number of aromatic nitrogens is 2. The molecule has 0 radical (unpaired) electrons. The molecule has 20 heavy (non-hydrogen) atoms. The second-order valence-corrected chi connectivity index (χ2v) is 5.61. The zero-order valence-corrected chi connectivity index (χ0v) is 12.5. The number of aryl methyl sites for hydroxylation is 1. The summed E-state index contributed by atoms with van der Waals surface area (Å²) in [7, 11) is 1.89. The van der Waals surface area contributed by atoms with Crippen molar-refractivity contribution in [2.45, 2.75) is 51.8 Å². The number of urea groups is 1. The second kappa shape index (κ2) is 6.26. The smallest absolute Gasteiger partial charge is 0.317 e. The van der Waals surface area contributed by atoms with Crippen LogP contribution in [-0.2, 0) is 13.6 Å². The SMILES string of the molecule is Cc1c(CNC(=O)N2CCCC2CC(C)O)cnn1C. The van der Waals surface area contributed by atoms with E-state index in [2.05, 4.69) is 10.4 Å². The molecule has 0 aromatic carbocycles. The van der Waals surface area contributed by atoms with Gasteiger partial charge in [0.05, 0.1) is 12.3 Å². The lowest BCUT2D eigenvalue weighted by Gasteiger charge is -2.25. The highest BCUT2D eigenvalue weighted by Gasteiger charge is 2.29. The van der Waals surface area contributed by atoms with Crippen LogP contribution < -0.4 is 5.32 Å². The molecular formula is C14H24N4O2. The van der Waals surface area contributed by atoms with Crippen molar-refractivity contribution in [3.05, 3.63) is 17.5 Å². The summed E-state index contributed by atoms with van der Waals surface area (Å²) in [5, 5.41) is 16.6. The van der Waals surface area contributed by atoms with Crippen LogP contribution in [0.2, 0.25) is 0 Å². The number of aliphatic hydroxyl groups excluding tert-OH is 1. The molecule has 1 aromatic heterocycles. The Kier molecular flexibility index (Phi) is 4.65. The first-order valence-corrected chi connectivity index (χ1v) is 7.19. The third-order valence-electron chi connectivity index (χ3n) is 4.02. The Labute approximate surface area is 119 Å². The fourth-order valence-electron chi connectivity index (χ4n) is 2.73. The normalized spacial score (nSPS) is 20.2. The number of nitrogens with one attached hydrogen (secondary N) is 1. The topological polar surface area (TPSA) is 70.4 Å². The third-order valence-corrected chi connectivity index (χ3v) is 4.02. The van der Waals surface area contributed by atoms with Gasteiger partial charge in [-0.3, -0.25) is 4.68 Å². The number of nitrogens with zero attached hydrogens (tertiary/aromatic N) is 3. The molecule has 0 bridgehead atoms. The van der Waals surface area contributed by atoms with E-state index in [-0.39, 0.29) is 18.2 Å². The standard InChI is InChI=1S/C14H24N4O2/c1-10(19)7-13-5-4-6-18(13)14(20)15-8-12-9-16-17(3)11(12)2/h9-10,13,19H,4-8H2,1-3H3,(H,15,20). The number of carbonyl (C=O) groups excluding carboxylic acids is 1. The molecule has 6 nitrogen and oxygen atoms in total. The number of aliphatic hydroxyl groups is 1. The molecule has 2 atom stereocenters. The quantitative estimate of drug-likeness (QED) is 0.870. The Bertz CT molecular complexity index is 470. The summed E-state index contributed by atoms with van der Waals surface area (Å²) >= 11 is 0. The molecule has 2 amide bonds. The molecule has 1 aliphatic heterocycles. The van der Waals surface area contributed by atoms with Gasteiger partial charge in [-0.1, -0.05) is 0 Å². The largest absolute Gasteiger partial charge is 0.393 e. The number of hydrogen-bond acceptors (Lipinski definition) is 3. The monoisotopic (exact) mass is 280 g/mol. The minimum atomic E-state index is -0.367. The number of hydrogen-bond donors (Lipinski definition) is 2. The van der Waals surface area contributed by atoms with Crippen molar-refractivity contribution in [3.8, 4) is 0 Å². The van der Waals surface area contributed by atoms with Gasteiger partial charge in [-0.2, -0.15) is 5.10 Å². The third kappa shape index (κ3) is 3.30. The van der Waals surface area contributed by atoms with Gasteiger partial charge in [0, 0.05) is 37.4 Å². The van der Waals surface area contributed by atoms with Crippen molar-refractivity contribution in [1.82, 2.24) is 20.0 Å². The average Bonchev–Trinajstić information content (AvgIpc) is 2.96. The minimum absolute atomic E-state index is 0.0450. The predicted molar refractivity (Wildman–Crippen MR) is 76.2 cm³/mol. The predicted octanol–water partition coefficient (Wildman–Crippen LogP) is 1.17. The van der Waals surface area contributed by atoms with Crippen LogP contribution in [0.4, 0.5) is 4.79 Å². The van der Waals surface area contributed by atoms with Crippen molar-refractivity contribution in [2.75, 3.05) is 6.54 Å². The molecule has 0 aliphatic carbocycles. The molecule has 1 aliphatic rings. The highest BCUT2D eigenvalue weighted by Crippen LogP contribution is 2.21. The summed E-state index contributed by atoms with van der Waals surface area (Å²) in [5.41, 5.74) is 2.10. The van der Waals surface area contributed by atoms with Crippen molar-refractivity contribution in [2.24, 2.45) is 7.05 Å². The summed E-state index contributed by atoms with van der Waals surface area (Å²) in [6.45, 7) is 5.03. The maximum Gasteiger partial charge on any atom is 0.317 e. The molecule has 2 heterocycles. The Balaban J connectivity index is 1.89. The summed E-state index contributed by atoms with van der Waals surface area (Å²) in [5.74, 6) is 0. The van der Waals surface area contributed by atoms with Gasteiger partial charge in [0.25, 0.3) is 0 Å². The van der Waals surface area contributed by atoms with Gasteiger partial charge in [-0.25, -0.2) is 4.79 Å². The molecule has 1 aromatic rings. The number of amides is 2. The van der Waals surface area contributed by atoms with E-state index < -0.39 is 0 Å². The zero-order chi connectivity index (χ0) is 14.7. The van der Waals surface area contributed by atoms with Crippen molar-refractivity contribution >= 4 is 6.03 Å². The summed E-state index contributed by atoms with van der Waals surface area (Å²) < 4.78 is 1.80. The van der Waals surface area contributed by atoms with Gasteiger partial charge in [-0.15, -0.1) is 0 Å². The molecular weight excluding hydrogens is 256 g/mol. The van der Waals surface area contributed by atoms with Gasteiger partial charge in [0.15, 0.2) is 0 Å². The Morgan fingerprint density at radius 1 is 1.65 bits per heavy atom. The highest BCUT2D eigenvalue weighted by molar-refractivity contribution is 5.74. The maximum absolute atomic E-state index is 12.2. The Hall–Kier alpha value is -1.56. The van der Waals surface area contributed by atoms with Gasteiger partial charge < -0.3 is 15.3 Å². The molecule has 2 rings (SSSR count). The van der Waals surface area contributed by atoms with Gasteiger partial charge >= 0.3 is 6.03 Å². The first-order chi connectivity index (χ1) is 9.49. The van der Waals surface area contributed by atoms with E-state index in [4.69, 9.17) is 0 Å². The zero-order valence-electron chi connectivity index (χ0n) is 12.5. The van der Waals surface area contributed by atoms with Crippen LogP contribution in [0.25, 0.3) is 0 Å². The van der Waals surface area contributed by atoms with Crippen LogP contribution in [0.15, 0.2) is 6.20 Å². The van der Waals surface area contributed by atoms with Gasteiger partial charge in [-0.05, 0) is 33.1 Å². The molecule has 2 N–H and O–H groups in total. The van der Waals surface area contributed by atoms with E-state index in [1.165, 1.54) is 0 Å². The first kappa shape index (κ1) is 14.8. The maximum atomic E-state index is 12.2. The lowest BCUT2D eigenvalue weighted by Crippen LogP contribution is -2.43. The van der Waals surface area contributed by atoms with Crippen LogP contribution in [0.1, 0.15) is 37.4 Å². The number of rotatable bonds is 4. The van der Waals surface area contributed by atoms with E-state index in [0.29, 0.717) is 13.0 Å². The summed E-state index contributed by atoms with van der Waals surface area (Å²) in [4.78, 5) is 14.1. The number of carbonyl (C=O) groups is 1. The van der Waals surface area contributed by atoms with Gasteiger partial charge in [0.2, 0.25) is 0 Å². The molecule has 2 unspecified atom stereocenters. The van der Waals surface area contributed by atoms with Crippen LogP contribution in [0.5, 0.6) is 0 Å². The second-order valence-electron chi connectivity index (χ2n) is 5.61. The van der Waals surface area contributed by atoms with Crippen LogP contribution in [-0.4, -0.2) is 44.5 Å². The van der Waals surface area contributed by atoms with E-state index >= 15 is 0 Å². The minimum Gasteiger partial charge on any atom is -0.393 e. The Morgan fingerprint density at radius 2 is 2.40 bits per heavy atom. The van der Waals surface area contributed by atoms with Crippen molar-refractivity contribution in [1.29, 1.82) is 0 Å². The molecule has 0 spiro atoms. The summed E-state index contributed by atoms with van der Waals surface area (Å²) in [6.07, 6.45) is 4.06. The van der Waals surface area contributed by atoms with Crippen molar-refractivity contribution < 1.29 is 9.90 Å². The van der Waals surface area contributed by atoms with E-state index in [1.54, 1.807) is 17.8 Å². The van der Waals surface area contributed by atoms with E-state index in [1.807, 2.05) is 18.9 Å². The summed E-state index contributed by atoms with van der Waals surface area (Å²) in [6, 6.07) is 0.112. The fraction of sp³-hybridized carbons (Fsp3) is 0.714. The molecule has 1 fully saturated rings. The number of likely N-dealkylation sites (tertiary alicyclic amines) is 1. The molecule has 0 saturated carbocycles. The van der Waals surface area contributed by atoms with Gasteiger partial charge in [0.1, 0.15) is 0 Å². The molecule has 6 heteroatoms. The first-order valence-electron chi connectivity index (χ1n) is 7.19. The molecule has 1 saturated heterocycles. The highest BCUT2D eigenvalue weighted by atomic mass is 16.3. The van der Waals surface area contributed by atoms with Crippen LogP contribution in [0.3, 0.4) is 0 Å². The lowest BCUT2D eigenvalue weighted by atomic mass is 10.1. The molecule has 112 valence electrons. The lowest BCUT2D eigenvalue weighted by molar-refractivity contribution is 0.138.